The third-order valence-corrected chi connectivity index (χ3v) is 3.81. The number of ether oxygens (including phenoxy) is 1. The summed E-state index contributed by atoms with van der Waals surface area (Å²) in [5.74, 6) is -0.544. The minimum Gasteiger partial charge on any atom is -0.494 e. The Kier molecular flexibility index (Phi) is 5.25. The fraction of sp³-hybridized carbons (Fsp3) is 0.500. The molecule has 2 N–H and O–H groups in total. The molecule has 1 aromatic carbocycles. The lowest BCUT2D eigenvalue weighted by atomic mass is 9.99. The van der Waals surface area contributed by atoms with Gasteiger partial charge in [-0.2, -0.15) is 0 Å². The lowest BCUT2D eigenvalue weighted by molar-refractivity contribution is -0.143. The van der Waals surface area contributed by atoms with E-state index >= 15 is 0 Å². The summed E-state index contributed by atoms with van der Waals surface area (Å²) in [5.41, 5.74) is 1.62. The summed E-state index contributed by atoms with van der Waals surface area (Å²) in [7, 11) is 0. The number of nitrogens with one attached hydrogen (secondary N) is 1. The number of nitrogens with zero attached hydrogens (tertiary/aromatic N) is 1. The average molecular weight is 306 g/mol. The molecule has 120 valence electrons. The average Bonchev–Trinajstić information content (AvgIpc) is 2.50. The number of hydrogen-bond donors (Lipinski definition) is 2. The zero-order chi connectivity index (χ0) is 16.1. The molecule has 1 atom stereocenters. The molecule has 1 aromatic rings. The lowest BCUT2D eigenvalue weighted by Gasteiger charge is -2.30. The number of aryl methyl sites for hydroxylation is 1. The number of carboxylic acids is 1. The number of hydrogen-bond acceptors (Lipinski definition) is 3. The first kappa shape index (κ1) is 16.1. The molecule has 0 spiro atoms. The monoisotopic (exact) mass is 306 g/mol. The van der Waals surface area contributed by atoms with Crippen LogP contribution in [0.25, 0.3) is 0 Å². The van der Waals surface area contributed by atoms with Crippen molar-refractivity contribution in [3.05, 3.63) is 23.8 Å². The van der Waals surface area contributed by atoms with E-state index < -0.39 is 11.9 Å². The zero-order valence-corrected chi connectivity index (χ0v) is 13.0. The molecule has 0 bridgehead atoms. The van der Waals surface area contributed by atoms with E-state index in [-0.39, 0.29) is 12.6 Å². The van der Waals surface area contributed by atoms with Crippen molar-refractivity contribution in [2.75, 3.05) is 25.0 Å². The van der Waals surface area contributed by atoms with E-state index in [0.29, 0.717) is 31.7 Å². The van der Waals surface area contributed by atoms with Gasteiger partial charge in [0.1, 0.15) is 5.75 Å². The molecular formula is C16H22N2O4. The molecule has 2 amide bonds. The third-order valence-electron chi connectivity index (χ3n) is 3.81. The SMILES string of the molecule is CCOc1ccc(NC(=O)N2CCCC(C(=O)O)C2)c(C)c1. The van der Waals surface area contributed by atoms with Crippen LogP contribution in [-0.2, 0) is 4.79 Å². The van der Waals surface area contributed by atoms with E-state index in [2.05, 4.69) is 5.32 Å². The molecule has 1 aliphatic heterocycles. The van der Waals surface area contributed by atoms with Crippen LogP contribution < -0.4 is 10.1 Å². The molecule has 0 radical (unpaired) electrons. The first-order valence-electron chi connectivity index (χ1n) is 7.53. The van der Waals surface area contributed by atoms with Gasteiger partial charge < -0.3 is 20.1 Å². The van der Waals surface area contributed by atoms with E-state index in [0.717, 1.165) is 11.3 Å². The van der Waals surface area contributed by atoms with Gasteiger partial charge in [-0.1, -0.05) is 0 Å². The maximum atomic E-state index is 12.3. The van der Waals surface area contributed by atoms with Gasteiger partial charge in [0.05, 0.1) is 12.5 Å². The van der Waals surface area contributed by atoms with Gasteiger partial charge in [0, 0.05) is 18.8 Å². The van der Waals surface area contributed by atoms with Crippen molar-refractivity contribution in [1.82, 2.24) is 4.90 Å². The van der Waals surface area contributed by atoms with Crippen LogP contribution in [0.4, 0.5) is 10.5 Å². The van der Waals surface area contributed by atoms with Crippen LogP contribution in [0.1, 0.15) is 25.3 Å². The van der Waals surface area contributed by atoms with Gasteiger partial charge in [-0.05, 0) is 50.5 Å². The van der Waals surface area contributed by atoms with Gasteiger partial charge in [-0.15, -0.1) is 0 Å². The van der Waals surface area contributed by atoms with Crippen molar-refractivity contribution in [1.29, 1.82) is 0 Å². The number of likely N-dealkylation sites (tertiary alicyclic amines) is 1. The second kappa shape index (κ2) is 7.15. The summed E-state index contributed by atoms with van der Waals surface area (Å²) >= 11 is 0. The van der Waals surface area contributed by atoms with Gasteiger partial charge >= 0.3 is 12.0 Å². The zero-order valence-electron chi connectivity index (χ0n) is 13.0. The van der Waals surface area contributed by atoms with Crippen molar-refractivity contribution < 1.29 is 19.4 Å². The van der Waals surface area contributed by atoms with Crippen LogP contribution in [-0.4, -0.2) is 41.7 Å². The maximum absolute atomic E-state index is 12.3. The minimum absolute atomic E-state index is 0.252. The summed E-state index contributed by atoms with van der Waals surface area (Å²) < 4.78 is 5.42. The van der Waals surface area contributed by atoms with E-state index in [9.17, 15) is 9.59 Å². The van der Waals surface area contributed by atoms with Crippen LogP contribution in [0.2, 0.25) is 0 Å². The Morgan fingerprint density at radius 1 is 1.45 bits per heavy atom. The molecule has 2 rings (SSSR count). The van der Waals surface area contributed by atoms with Crippen LogP contribution in [0.5, 0.6) is 5.75 Å². The molecule has 1 fully saturated rings. The van der Waals surface area contributed by atoms with Gasteiger partial charge in [-0.3, -0.25) is 4.79 Å². The van der Waals surface area contributed by atoms with Crippen LogP contribution in [0, 0.1) is 12.8 Å². The summed E-state index contributed by atoms with van der Waals surface area (Å²) in [6.45, 7) is 5.26. The molecule has 1 unspecified atom stereocenters. The topological polar surface area (TPSA) is 78.9 Å². The molecule has 6 heteroatoms. The number of rotatable bonds is 4. The van der Waals surface area contributed by atoms with E-state index in [1.807, 2.05) is 26.0 Å². The smallest absolute Gasteiger partial charge is 0.321 e. The quantitative estimate of drug-likeness (QED) is 0.896. The highest BCUT2D eigenvalue weighted by molar-refractivity contribution is 5.90. The summed E-state index contributed by atoms with van der Waals surface area (Å²) in [6.07, 6.45) is 1.34. The van der Waals surface area contributed by atoms with Crippen molar-refractivity contribution in [2.24, 2.45) is 5.92 Å². The van der Waals surface area contributed by atoms with Crippen molar-refractivity contribution in [3.63, 3.8) is 0 Å². The van der Waals surface area contributed by atoms with Gasteiger partial charge in [0.25, 0.3) is 0 Å². The minimum atomic E-state index is -0.838. The predicted molar refractivity (Wildman–Crippen MR) is 83.3 cm³/mol. The standard InChI is InChI=1S/C16H22N2O4/c1-3-22-13-6-7-14(11(2)9-13)17-16(21)18-8-4-5-12(10-18)15(19)20/h6-7,9,12H,3-5,8,10H2,1-2H3,(H,17,21)(H,19,20). The van der Waals surface area contributed by atoms with Gasteiger partial charge in [0.2, 0.25) is 0 Å². The second-order valence-electron chi connectivity index (χ2n) is 5.46. The number of carbonyl (C=O) groups excluding carboxylic acids is 1. The highest BCUT2D eigenvalue weighted by atomic mass is 16.5. The van der Waals surface area contributed by atoms with E-state index in [1.165, 1.54) is 0 Å². The number of carbonyl (C=O) groups is 2. The maximum Gasteiger partial charge on any atom is 0.321 e. The molecule has 1 heterocycles. The summed E-state index contributed by atoms with van der Waals surface area (Å²) in [6, 6.07) is 5.23. The molecule has 6 nitrogen and oxygen atoms in total. The van der Waals surface area contributed by atoms with Crippen molar-refractivity contribution in [3.8, 4) is 5.75 Å². The number of carboxylic acid groups (broad SMARTS) is 1. The number of anilines is 1. The Labute approximate surface area is 130 Å². The molecule has 0 aromatic heterocycles. The Bertz CT molecular complexity index is 559. The first-order chi connectivity index (χ1) is 10.5. The normalized spacial score (nSPS) is 17.9. The molecule has 22 heavy (non-hydrogen) atoms. The number of aliphatic carboxylic acids is 1. The highest BCUT2D eigenvalue weighted by Gasteiger charge is 2.28. The third kappa shape index (κ3) is 3.90. The molecule has 1 aliphatic rings. The largest absolute Gasteiger partial charge is 0.494 e. The van der Waals surface area contributed by atoms with Gasteiger partial charge in [0.15, 0.2) is 0 Å². The lowest BCUT2D eigenvalue weighted by Crippen LogP contribution is -2.44. The predicted octanol–water partition coefficient (Wildman–Crippen LogP) is 2.72. The number of piperidine rings is 1. The number of urea groups is 1. The van der Waals surface area contributed by atoms with Gasteiger partial charge in [-0.25, -0.2) is 4.79 Å². The highest BCUT2D eigenvalue weighted by Crippen LogP contribution is 2.23. The Balaban J connectivity index is 2.01. The van der Waals surface area contributed by atoms with Crippen LogP contribution in [0.3, 0.4) is 0 Å². The fourth-order valence-corrected chi connectivity index (χ4v) is 2.59. The first-order valence-corrected chi connectivity index (χ1v) is 7.53. The summed E-state index contributed by atoms with van der Waals surface area (Å²) in [4.78, 5) is 24.9. The van der Waals surface area contributed by atoms with Crippen molar-refractivity contribution in [2.45, 2.75) is 26.7 Å². The molecule has 1 saturated heterocycles. The Hall–Kier alpha value is -2.24. The number of amides is 2. The van der Waals surface area contributed by atoms with Crippen LogP contribution in [0.15, 0.2) is 18.2 Å². The van der Waals surface area contributed by atoms with E-state index in [1.54, 1.807) is 11.0 Å². The Morgan fingerprint density at radius 3 is 2.86 bits per heavy atom. The second-order valence-corrected chi connectivity index (χ2v) is 5.46. The fourth-order valence-electron chi connectivity index (χ4n) is 2.59. The summed E-state index contributed by atoms with van der Waals surface area (Å²) in [5, 5.41) is 11.9. The molecule has 0 aliphatic carbocycles. The number of benzene rings is 1. The molecule has 0 saturated carbocycles. The molecular weight excluding hydrogens is 284 g/mol. The Morgan fingerprint density at radius 2 is 2.23 bits per heavy atom. The van der Waals surface area contributed by atoms with E-state index in [4.69, 9.17) is 9.84 Å². The van der Waals surface area contributed by atoms with Crippen LogP contribution >= 0.6 is 0 Å². The van der Waals surface area contributed by atoms with Crippen molar-refractivity contribution >= 4 is 17.7 Å².